The second kappa shape index (κ2) is 6.81. The van der Waals surface area contributed by atoms with Crippen molar-refractivity contribution < 1.29 is 9.13 Å². The normalized spacial score (nSPS) is 13.7. The average molecular weight is 421 g/mol. The molecular weight excluding hydrogens is 401 g/mol. The van der Waals surface area contributed by atoms with E-state index in [1.54, 1.807) is 32.3 Å². The Hall–Kier alpha value is -3.92. The van der Waals surface area contributed by atoms with Crippen LogP contribution in [-0.2, 0) is 7.05 Å². The molecule has 0 unspecified atom stereocenters. The van der Waals surface area contributed by atoms with Crippen molar-refractivity contribution in [2.75, 3.05) is 14.2 Å². The molecule has 31 heavy (non-hydrogen) atoms. The van der Waals surface area contributed by atoms with Crippen LogP contribution >= 0.6 is 0 Å². The molecule has 0 saturated carbocycles. The molecule has 1 aliphatic rings. The number of hydrogen-bond donors (Lipinski definition) is 2. The number of rotatable bonds is 3. The molecule has 9 nitrogen and oxygen atoms in total. The van der Waals surface area contributed by atoms with E-state index in [0.29, 0.717) is 33.2 Å². The van der Waals surface area contributed by atoms with Crippen molar-refractivity contribution in [2.24, 2.45) is 7.05 Å². The van der Waals surface area contributed by atoms with Gasteiger partial charge in [0.1, 0.15) is 5.75 Å². The molecule has 0 radical (unpaired) electrons. The Balaban J connectivity index is 1.93. The van der Waals surface area contributed by atoms with E-state index in [-0.39, 0.29) is 11.4 Å². The summed E-state index contributed by atoms with van der Waals surface area (Å²) >= 11 is 0. The van der Waals surface area contributed by atoms with E-state index in [2.05, 4.69) is 20.9 Å². The van der Waals surface area contributed by atoms with Gasteiger partial charge in [-0.3, -0.25) is 24.1 Å². The Kier molecular flexibility index (Phi) is 4.19. The number of hydrogen-bond acceptors (Lipinski definition) is 7. The first-order valence-electron chi connectivity index (χ1n) is 9.56. The van der Waals surface area contributed by atoms with E-state index in [9.17, 15) is 9.18 Å². The highest BCUT2D eigenvalue weighted by atomic mass is 19.1. The van der Waals surface area contributed by atoms with Crippen LogP contribution in [0.1, 0.15) is 11.1 Å². The van der Waals surface area contributed by atoms with Crippen LogP contribution in [0.5, 0.6) is 5.75 Å². The van der Waals surface area contributed by atoms with Gasteiger partial charge in [-0.1, -0.05) is 0 Å². The number of nitrogens with zero attached hydrogens (tertiary/aromatic N) is 5. The number of nitrogens with one attached hydrogen (secondary N) is 2. The van der Waals surface area contributed by atoms with Gasteiger partial charge < -0.3 is 10.2 Å². The first-order chi connectivity index (χ1) is 14.9. The summed E-state index contributed by atoms with van der Waals surface area (Å²) in [5.74, 6) is 0.0468. The van der Waals surface area contributed by atoms with Crippen molar-refractivity contribution in [2.45, 2.75) is 6.92 Å². The quantitative estimate of drug-likeness (QED) is 0.523. The fraction of sp³-hybridized carbons (Fsp3) is 0.190. The third-order valence-corrected chi connectivity index (χ3v) is 5.46. The minimum atomic E-state index is -0.570. The zero-order chi connectivity index (χ0) is 21.9. The number of imidazole rings is 1. The third kappa shape index (κ3) is 2.76. The molecule has 1 aliphatic heterocycles. The first-order valence-corrected chi connectivity index (χ1v) is 9.56. The van der Waals surface area contributed by atoms with E-state index in [4.69, 9.17) is 4.74 Å². The molecule has 0 aliphatic carbocycles. The summed E-state index contributed by atoms with van der Waals surface area (Å²) in [4.78, 5) is 21.6. The van der Waals surface area contributed by atoms with Gasteiger partial charge in [0.25, 0.3) is 0 Å². The largest absolute Gasteiger partial charge is 0.496 e. The Labute approximate surface area is 176 Å². The number of pyridine rings is 2. The average Bonchev–Trinajstić information content (AvgIpc) is 3.29. The van der Waals surface area contributed by atoms with Crippen LogP contribution in [-0.4, -0.2) is 38.3 Å². The molecular formula is C21H20FN7O2. The minimum Gasteiger partial charge on any atom is -0.496 e. The van der Waals surface area contributed by atoms with Crippen molar-refractivity contribution in [1.29, 1.82) is 0 Å². The first kappa shape index (κ1) is 19.1. The van der Waals surface area contributed by atoms with Gasteiger partial charge in [0.05, 0.1) is 47.4 Å². The zero-order valence-corrected chi connectivity index (χ0v) is 17.4. The lowest BCUT2D eigenvalue weighted by atomic mass is 10.1. The smallest absolute Gasteiger partial charge is 0.333 e. The van der Waals surface area contributed by atoms with Crippen LogP contribution < -0.4 is 21.4 Å². The fourth-order valence-corrected chi connectivity index (χ4v) is 3.96. The van der Waals surface area contributed by atoms with Crippen molar-refractivity contribution in [3.05, 3.63) is 64.4 Å². The number of methoxy groups -OCH3 is 1. The lowest BCUT2D eigenvalue weighted by Gasteiger charge is -2.13. The summed E-state index contributed by atoms with van der Waals surface area (Å²) < 4.78 is 23.3. The molecule has 4 heterocycles. The highest BCUT2D eigenvalue weighted by Crippen LogP contribution is 2.34. The lowest BCUT2D eigenvalue weighted by molar-refractivity contribution is 0.330. The Bertz CT molecular complexity index is 1430. The van der Waals surface area contributed by atoms with Crippen LogP contribution in [0.2, 0.25) is 0 Å². The summed E-state index contributed by atoms with van der Waals surface area (Å²) in [5, 5.41) is 2.46. The molecule has 0 saturated heterocycles. The van der Waals surface area contributed by atoms with E-state index in [0.717, 1.165) is 17.5 Å². The number of aryl methyl sites for hydroxylation is 2. The van der Waals surface area contributed by atoms with Crippen molar-refractivity contribution in [3.8, 4) is 11.4 Å². The lowest BCUT2D eigenvalue weighted by Crippen LogP contribution is -2.33. The second-order valence-corrected chi connectivity index (χ2v) is 7.42. The molecule has 4 aromatic rings. The molecule has 0 spiro atoms. The van der Waals surface area contributed by atoms with E-state index < -0.39 is 5.82 Å². The second-order valence-electron chi connectivity index (χ2n) is 7.42. The van der Waals surface area contributed by atoms with Gasteiger partial charge in [-0.2, -0.15) is 0 Å². The summed E-state index contributed by atoms with van der Waals surface area (Å²) in [6, 6.07) is 3.70. The van der Waals surface area contributed by atoms with Gasteiger partial charge in [-0.25, -0.2) is 9.18 Å². The molecule has 0 bridgehead atoms. The van der Waals surface area contributed by atoms with Gasteiger partial charge in [0.2, 0.25) is 0 Å². The topological polar surface area (TPSA) is 89.2 Å². The SMILES string of the molecule is COc1cc2ncc3c(c2cc1C1=CN(C)NN1)n(-c1c(C)cncc1F)c(=O)n3C. The number of aromatic nitrogens is 4. The van der Waals surface area contributed by atoms with Crippen molar-refractivity contribution >= 4 is 27.6 Å². The van der Waals surface area contributed by atoms with Gasteiger partial charge in [-0.05, 0) is 18.6 Å². The van der Waals surface area contributed by atoms with Crippen LogP contribution in [0.3, 0.4) is 0 Å². The molecule has 0 fully saturated rings. The van der Waals surface area contributed by atoms with Crippen LogP contribution in [0, 0.1) is 12.7 Å². The van der Waals surface area contributed by atoms with Gasteiger partial charge in [-0.15, -0.1) is 5.53 Å². The molecule has 0 atom stereocenters. The fourth-order valence-electron chi connectivity index (χ4n) is 3.96. The van der Waals surface area contributed by atoms with Crippen molar-refractivity contribution in [1.82, 2.24) is 35.1 Å². The Morgan fingerprint density at radius 3 is 2.65 bits per heavy atom. The molecule has 3 aromatic heterocycles. The van der Waals surface area contributed by atoms with E-state index in [1.165, 1.54) is 15.3 Å². The van der Waals surface area contributed by atoms with Gasteiger partial charge in [0, 0.05) is 43.5 Å². The summed E-state index contributed by atoms with van der Waals surface area (Å²) in [7, 11) is 5.09. The maximum Gasteiger partial charge on any atom is 0.333 e. The van der Waals surface area contributed by atoms with Crippen molar-refractivity contribution in [3.63, 3.8) is 0 Å². The number of hydrazine groups is 2. The monoisotopic (exact) mass is 421 g/mol. The molecule has 158 valence electrons. The predicted octanol–water partition coefficient (Wildman–Crippen LogP) is 1.98. The van der Waals surface area contributed by atoms with Crippen LogP contribution in [0.4, 0.5) is 4.39 Å². The number of benzene rings is 1. The summed E-state index contributed by atoms with van der Waals surface area (Å²) in [5.41, 5.74) is 9.76. The van der Waals surface area contributed by atoms with E-state index >= 15 is 0 Å². The highest BCUT2D eigenvalue weighted by molar-refractivity contribution is 6.05. The van der Waals surface area contributed by atoms with Gasteiger partial charge in [0.15, 0.2) is 5.82 Å². The minimum absolute atomic E-state index is 0.176. The molecule has 1 aromatic carbocycles. The maximum absolute atomic E-state index is 14.8. The molecule has 2 N–H and O–H groups in total. The maximum atomic E-state index is 14.8. The van der Waals surface area contributed by atoms with Gasteiger partial charge >= 0.3 is 5.69 Å². The highest BCUT2D eigenvalue weighted by Gasteiger charge is 2.22. The molecule has 10 heteroatoms. The third-order valence-electron chi connectivity index (χ3n) is 5.46. The molecule has 0 amide bonds. The predicted molar refractivity (Wildman–Crippen MR) is 115 cm³/mol. The number of ether oxygens (including phenoxy) is 1. The van der Waals surface area contributed by atoms with Crippen LogP contribution in [0.25, 0.3) is 33.3 Å². The Morgan fingerprint density at radius 1 is 1.16 bits per heavy atom. The number of halogens is 1. The van der Waals surface area contributed by atoms with E-state index in [1.807, 2.05) is 25.4 Å². The standard InChI is InChI=1S/C21H20FN7O2/c1-11-7-23-8-14(22)19(11)29-20-13-5-12(16-10-27(2)26-25-16)18(31-4)6-15(13)24-9-17(20)28(3)21(29)30/h5-10,25-26H,1-4H3. The van der Waals surface area contributed by atoms with Crippen LogP contribution in [0.15, 0.2) is 41.7 Å². The summed E-state index contributed by atoms with van der Waals surface area (Å²) in [6.45, 7) is 1.73. The number of fused-ring (bicyclic) bond motifs is 3. The molecule has 5 rings (SSSR count). The zero-order valence-electron chi connectivity index (χ0n) is 17.4. The Morgan fingerprint density at radius 2 is 1.97 bits per heavy atom. The summed E-state index contributed by atoms with van der Waals surface area (Å²) in [6.07, 6.45) is 6.14.